The lowest BCUT2D eigenvalue weighted by Gasteiger charge is -2.36. The number of carboxylic acids is 1. The molecular weight excluding hydrogens is 467 g/mol. The molecule has 202 valence electrons. The van der Waals surface area contributed by atoms with Crippen molar-refractivity contribution in [3.05, 3.63) is 11.5 Å². The first-order chi connectivity index (χ1) is 16.6. The first-order valence-electron chi connectivity index (χ1n) is 12.6. The Morgan fingerprint density at radius 2 is 1.86 bits per heavy atom. The van der Waals surface area contributed by atoms with E-state index < -0.39 is 54.0 Å². The minimum absolute atomic E-state index is 0.227. The predicted octanol–water partition coefficient (Wildman–Crippen LogP) is 1.72. The zero-order chi connectivity index (χ0) is 26.9. The number of carbonyl (C=O) groups is 3. The van der Waals surface area contributed by atoms with Crippen molar-refractivity contribution < 1.29 is 33.5 Å². The highest BCUT2D eigenvalue weighted by Crippen LogP contribution is 2.39. The van der Waals surface area contributed by atoms with Gasteiger partial charge in [0.25, 0.3) is 5.91 Å². The van der Waals surface area contributed by atoms with Gasteiger partial charge in [0.15, 0.2) is 0 Å². The lowest BCUT2D eigenvalue weighted by molar-refractivity contribution is -0.148. The van der Waals surface area contributed by atoms with Gasteiger partial charge in [0.1, 0.15) is 17.7 Å². The van der Waals surface area contributed by atoms with E-state index in [1.54, 1.807) is 20.8 Å². The zero-order valence-electron chi connectivity index (χ0n) is 22.6. The van der Waals surface area contributed by atoms with Crippen molar-refractivity contribution in [1.29, 1.82) is 0 Å². The van der Waals surface area contributed by atoms with Gasteiger partial charge in [-0.3, -0.25) is 19.5 Å². The van der Waals surface area contributed by atoms with Gasteiger partial charge in [0.2, 0.25) is 0 Å². The third-order valence-electron chi connectivity index (χ3n) is 6.99. The van der Waals surface area contributed by atoms with Crippen LogP contribution in [0.4, 0.5) is 4.79 Å². The Morgan fingerprint density at radius 1 is 1.22 bits per heavy atom. The van der Waals surface area contributed by atoms with Crippen molar-refractivity contribution in [1.82, 2.24) is 20.7 Å². The van der Waals surface area contributed by atoms with Gasteiger partial charge in [-0.25, -0.2) is 10.2 Å². The maximum atomic E-state index is 13.5. The lowest BCUT2D eigenvalue weighted by atomic mass is 9.76. The molecule has 0 spiro atoms. The number of alkyl carbamates (subject to hydrolysis) is 1. The van der Waals surface area contributed by atoms with Crippen molar-refractivity contribution in [3.63, 3.8) is 0 Å². The molecule has 3 aliphatic rings. The number of nitrogens with one attached hydrogen (secondary N) is 2. The summed E-state index contributed by atoms with van der Waals surface area (Å²) in [7, 11) is -0.481. The van der Waals surface area contributed by atoms with E-state index in [1.165, 1.54) is 5.01 Å². The molecule has 0 aromatic heterocycles. The molecule has 3 N–H and O–H groups in total. The third-order valence-corrected chi connectivity index (χ3v) is 6.99. The van der Waals surface area contributed by atoms with Crippen LogP contribution in [0, 0.1) is 0 Å². The predicted molar refractivity (Wildman–Crippen MR) is 134 cm³/mol. The SMILES string of the molecule is CC(C)(C)OC(=O)N[C@@H](CN1CCC=C(B2OC(C)(C)C(C)(C)O2)C1)C(=O)N1CCC[C@@H](C(=O)O)N1. The van der Waals surface area contributed by atoms with Gasteiger partial charge in [-0.2, -0.15) is 0 Å². The van der Waals surface area contributed by atoms with Crippen LogP contribution in [0.2, 0.25) is 0 Å². The summed E-state index contributed by atoms with van der Waals surface area (Å²) in [6.07, 6.45) is 3.13. The second kappa shape index (κ2) is 10.7. The van der Waals surface area contributed by atoms with Crippen molar-refractivity contribution in [2.45, 2.75) is 96.6 Å². The van der Waals surface area contributed by atoms with Crippen LogP contribution in [0.25, 0.3) is 0 Å². The fourth-order valence-corrected chi connectivity index (χ4v) is 4.36. The summed E-state index contributed by atoms with van der Waals surface area (Å²) in [5.74, 6) is -1.42. The van der Waals surface area contributed by atoms with E-state index in [1.807, 2.05) is 27.7 Å². The number of amides is 2. The molecule has 2 fully saturated rings. The topological polar surface area (TPSA) is 130 Å². The molecule has 0 radical (unpaired) electrons. The van der Waals surface area contributed by atoms with Gasteiger partial charge >= 0.3 is 19.2 Å². The number of hydrogen-bond acceptors (Lipinski definition) is 8. The Balaban J connectivity index is 1.72. The minimum Gasteiger partial charge on any atom is -0.480 e. The number of hydrazine groups is 1. The molecule has 3 rings (SSSR count). The van der Waals surface area contributed by atoms with E-state index >= 15 is 0 Å². The van der Waals surface area contributed by atoms with E-state index in [9.17, 15) is 19.5 Å². The molecule has 11 nitrogen and oxygen atoms in total. The summed E-state index contributed by atoms with van der Waals surface area (Å²) in [5.41, 5.74) is 2.11. The molecule has 2 atom stereocenters. The minimum atomic E-state index is -1.02. The molecule has 0 unspecified atom stereocenters. The van der Waals surface area contributed by atoms with E-state index in [-0.39, 0.29) is 6.54 Å². The highest BCUT2D eigenvalue weighted by Gasteiger charge is 2.52. The lowest BCUT2D eigenvalue weighted by Crippen LogP contribution is -2.62. The Morgan fingerprint density at radius 3 is 2.44 bits per heavy atom. The van der Waals surface area contributed by atoms with Crippen LogP contribution in [0.1, 0.15) is 67.7 Å². The van der Waals surface area contributed by atoms with E-state index in [2.05, 4.69) is 21.7 Å². The fraction of sp³-hybridized carbons (Fsp3) is 0.792. The molecule has 0 aromatic rings. The number of aliphatic carboxylic acids is 1. The number of ether oxygens (including phenoxy) is 1. The Labute approximate surface area is 214 Å². The molecule has 0 saturated carbocycles. The van der Waals surface area contributed by atoms with Gasteiger partial charge in [-0.1, -0.05) is 6.08 Å². The molecular formula is C24H41BN4O7. The van der Waals surface area contributed by atoms with Gasteiger partial charge in [0.05, 0.1) is 11.2 Å². The third kappa shape index (κ3) is 6.99. The second-order valence-corrected chi connectivity index (χ2v) is 11.7. The van der Waals surface area contributed by atoms with Crippen molar-refractivity contribution in [2.75, 3.05) is 26.2 Å². The number of hydrogen-bond donors (Lipinski definition) is 3. The van der Waals surface area contributed by atoms with E-state index in [0.717, 1.165) is 11.9 Å². The Hall–Kier alpha value is -2.15. The highest BCUT2D eigenvalue weighted by molar-refractivity contribution is 6.54. The molecule has 2 saturated heterocycles. The number of rotatable bonds is 6. The van der Waals surface area contributed by atoms with Gasteiger partial charge in [-0.05, 0) is 73.2 Å². The van der Waals surface area contributed by atoms with Crippen LogP contribution < -0.4 is 10.7 Å². The summed E-state index contributed by atoms with van der Waals surface area (Å²) in [6, 6.07) is -1.78. The maximum Gasteiger partial charge on any atom is 0.491 e. The molecule has 3 heterocycles. The van der Waals surface area contributed by atoms with Crippen molar-refractivity contribution in [2.24, 2.45) is 0 Å². The van der Waals surface area contributed by atoms with Crippen molar-refractivity contribution in [3.8, 4) is 0 Å². The normalized spacial score (nSPS) is 25.2. The molecule has 12 heteroatoms. The van der Waals surface area contributed by atoms with Gasteiger partial charge < -0.3 is 24.5 Å². The van der Waals surface area contributed by atoms with Crippen LogP contribution in [-0.4, -0.2) is 95.2 Å². The maximum absolute atomic E-state index is 13.5. The van der Waals surface area contributed by atoms with Gasteiger partial charge in [0, 0.05) is 26.2 Å². The first kappa shape index (κ1) is 28.4. The summed E-state index contributed by atoms with van der Waals surface area (Å²) in [5, 5.41) is 13.4. The van der Waals surface area contributed by atoms with E-state index in [4.69, 9.17) is 14.0 Å². The smallest absolute Gasteiger partial charge is 0.480 e. The monoisotopic (exact) mass is 508 g/mol. The molecule has 0 bridgehead atoms. The standard InChI is InChI=1S/C24H41BN4O7/c1-22(2,3)34-21(33)26-18(19(30)29-13-9-11-17(27-29)20(31)32)15-28-12-8-10-16(14-28)25-35-23(4,5)24(6,7)36-25/h10,17-18,27H,8-9,11-15H2,1-7H3,(H,26,33)(H,31,32)/t17-,18-/m0/s1. The van der Waals surface area contributed by atoms with Crippen LogP contribution in [-0.2, 0) is 23.6 Å². The van der Waals surface area contributed by atoms with Crippen LogP contribution in [0.5, 0.6) is 0 Å². The first-order valence-corrected chi connectivity index (χ1v) is 12.6. The Bertz CT molecular complexity index is 870. The average molecular weight is 508 g/mol. The Kier molecular flexibility index (Phi) is 8.44. The molecule has 36 heavy (non-hydrogen) atoms. The number of nitrogens with zero attached hydrogens (tertiary/aromatic N) is 2. The molecule has 3 aliphatic heterocycles. The molecule has 2 amide bonds. The largest absolute Gasteiger partial charge is 0.491 e. The van der Waals surface area contributed by atoms with Crippen LogP contribution in [0.15, 0.2) is 11.5 Å². The van der Waals surface area contributed by atoms with Crippen LogP contribution in [0.3, 0.4) is 0 Å². The summed E-state index contributed by atoms with van der Waals surface area (Å²) >= 11 is 0. The quantitative estimate of drug-likeness (QED) is 0.459. The fourth-order valence-electron chi connectivity index (χ4n) is 4.36. The number of carboxylic acid groups (broad SMARTS) is 1. The number of carbonyl (C=O) groups excluding carboxylic acids is 2. The second-order valence-electron chi connectivity index (χ2n) is 11.7. The summed E-state index contributed by atoms with van der Waals surface area (Å²) in [4.78, 5) is 39.6. The average Bonchev–Trinajstić information content (AvgIpc) is 2.98. The molecule has 0 aliphatic carbocycles. The van der Waals surface area contributed by atoms with Gasteiger partial charge in [-0.15, -0.1) is 0 Å². The van der Waals surface area contributed by atoms with Crippen molar-refractivity contribution >= 4 is 25.1 Å². The molecule has 0 aromatic carbocycles. The zero-order valence-corrected chi connectivity index (χ0v) is 22.6. The van der Waals surface area contributed by atoms with Crippen LogP contribution >= 0.6 is 0 Å². The van der Waals surface area contributed by atoms with E-state index in [0.29, 0.717) is 32.5 Å². The summed E-state index contributed by atoms with van der Waals surface area (Å²) < 4.78 is 17.8. The highest BCUT2D eigenvalue weighted by atomic mass is 16.7. The summed E-state index contributed by atoms with van der Waals surface area (Å²) in [6.45, 7) is 15.0.